The molecule has 1 fully saturated rings. The van der Waals surface area contributed by atoms with Gasteiger partial charge in [0.2, 0.25) is 0 Å². The van der Waals surface area contributed by atoms with Crippen molar-refractivity contribution in [3.63, 3.8) is 0 Å². The topological polar surface area (TPSA) is 21.3 Å². The summed E-state index contributed by atoms with van der Waals surface area (Å²) in [5.41, 5.74) is 1.14. The molecule has 1 unspecified atom stereocenters. The Balaban J connectivity index is 1.67. The quantitative estimate of drug-likeness (QED) is 0.541. The van der Waals surface area contributed by atoms with Gasteiger partial charge in [0.05, 0.1) is 0 Å². The van der Waals surface area contributed by atoms with Gasteiger partial charge in [0, 0.05) is 17.2 Å². The average Bonchev–Trinajstić information content (AvgIpc) is 3.40. The van der Waals surface area contributed by atoms with Gasteiger partial charge >= 0.3 is 0 Å². The van der Waals surface area contributed by atoms with Crippen LogP contribution < -0.4 is 10.1 Å². The van der Waals surface area contributed by atoms with E-state index in [-0.39, 0.29) is 5.72 Å². The van der Waals surface area contributed by atoms with Gasteiger partial charge in [0.1, 0.15) is 5.75 Å². The Bertz CT molecular complexity index is 627. The van der Waals surface area contributed by atoms with Crippen LogP contribution in [0.3, 0.4) is 0 Å². The normalized spacial score (nSPS) is 16.8. The molecule has 0 bridgehead atoms. The van der Waals surface area contributed by atoms with Crippen LogP contribution in [0.2, 0.25) is 0 Å². The molecular formula is C20H25NOS. The zero-order valence-corrected chi connectivity index (χ0v) is 14.6. The van der Waals surface area contributed by atoms with Crippen LogP contribution in [0.15, 0.2) is 59.5 Å². The number of rotatable bonds is 8. The zero-order chi connectivity index (χ0) is 16.1. The molecule has 0 aliphatic heterocycles. The molecule has 122 valence electrons. The summed E-state index contributed by atoms with van der Waals surface area (Å²) < 4.78 is 6.43. The summed E-state index contributed by atoms with van der Waals surface area (Å²) in [5.74, 6) is 1.50. The maximum absolute atomic E-state index is 6.43. The molecule has 3 heteroatoms. The predicted octanol–water partition coefficient (Wildman–Crippen LogP) is 4.70. The summed E-state index contributed by atoms with van der Waals surface area (Å²) in [7, 11) is 2.02. The van der Waals surface area contributed by atoms with Crippen LogP contribution in [0.25, 0.3) is 0 Å². The Morgan fingerprint density at radius 3 is 2.57 bits per heavy atom. The SMILES string of the molecule is CNC(CCCc1ccccc1)(Oc1cccc(S)c1)C1CC1. The van der Waals surface area contributed by atoms with Gasteiger partial charge in [-0.2, -0.15) is 0 Å². The number of aryl methyl sites for hydroxylation is 1. The number of ether oxygens (including phenoxy) is 1. The first-order chi connectivity index (χ1) is 11.2. The van der Waals surface area contributed by atoms with Crippen LogP contribution in [0.5, 0.6) is 5.75 Å². The second kappa shape index (κ2) is 7.41. The van der Waals surface area contributed by atoms with E-state index < -0.39 is 0 Å². The largest absolute Gasteiger partial charge is 0.472 e. The monoisotopic (exact) mass is 327 g/mol. The number of hydrogen-bond acceptors (Lipinski definition) is 3. The molecule has 0 aromatic heterocycles. The Hall–Kier alpha value is -1.45. The van der Waals surface area contributed by atoms with E-state index in [1.807, 2.05) is 31.3 Å². The van der Waals surface area contributed by atoms with Crippen LogP contribution in [0, 0.1) is 5.92 Å². The fourth-order valence-electron chi connectivity index (χ4n) is 3.23. The lowest BCUT2D eigenvalue weighted by Gasteiger charge is -2.35. The molecular weight excluding hydrogens is 302 g/mol. The highest BCUT2D eigenvalue weighted by molar-refractivity contribution is 7.80. The first kappa shape index (κ1) is 16.4. The highest BCUT2D eigenvalue weighted by Crippen LogP contribution is 2.43. The second-order valence-corrected chi connectivity index (χ2v) is 6.87. The molecule has 23 heavy (non-hydrogen) atoms. The van der Waals surface area contributed by atoms with Gasteiger partial charge in [-0.25, -0.2) is 0 Å². The van der Waals surface area contributed by atoms with Crippen molar-refractivity contribution in [1.29, 1.82) is 0 Å². The van der Waals surface area contributed by atoms with E-state index in [4.69, 9.17) is 4.74 Å². The molecule has 0 amide bonds. The van der Waals surface area contributed by atoms with E-state index in [2.05, 4.69) is 48.3 Å². The fourth-order valence-corrected chi connectivity index (χ4v) is 3.44. The summed E-state index contributed by atoms with van der Waals surface area (Å²) in [6, 6.07) is 18.7. The van der Waals surface area contributed by atoms with Crippen molar-refractivity contribution in [2.75, 3.05) is 7.05 Å². The minimum absolute atomic E-state index is 0.254. The van der Waals surface area contributed by atoms with E-state index in [1.54, 1.807) is 0 Å². The van der Waals surface area contributed by atoms with E-state index in [9.17, 15) is 0 Å². The van der Waals surface area contributed by atoms with Gasteiger partial charge in [-0.1, -0.05) is 36.4 Å². The number of hydrogen-bond donors (Lipinski definition) is 2. The molecule has 2 aromatic carbocycles. The Labute approximate surface area is 144 Å². The van der Waals surface area contributed by atoms with Crippen molar-refractivity contribution in [2.24, 2.45) is 5.92 Å². The van der Waals surface area contributed by atoms with Crippen molar-refractivity contribution in [3.8, 4) is 5.75 Å². The van der Waals surface area contributed by atoms with Gasteiger partial charge in [0.15, 0.2) is 5.72 Å². The third kappa shape index (κ3) is 4.30. The molecule has 3 rings (SSSR count). The van der Waals surface area contributed by atoms with Gasteiger partial charge in [-0.15, -0.1) is 12.6 Å². The van der Waals surface area contributed by atoms with Crippen LogP contribution in [-0.2, 0) is 6.42 Å². The van der Waals surface area contributed by atoms with E-state index in [1.165, 1.54) is 18.4 Å². The van der Waals surface area contributed by atoms with Gasteiger partial charge in [-0.3, -0.25) is 5.32 Å². The minimum atomic E-state index is -0.254. The van der Waals surface area contributed by atoms with E-state index >= 15 is 0 Å². The molecule has 0 heterocycles. The molecule has 0 radical (unpaired) electrons. The summed E-state index contributed by atoms with van der Waals surface area (Å²) in [6.45, 7) is 0. The van der Waals surface area contributed by atoms with Gasteiger partial charge in [0.25, 0.3) is 0 Å². The molecule has 1 N–H and O–H groups in total. The van der Waals surface area contributed by atoms with Crippen molar-refractivity contribution in [3.05, 3.63) is 60.2 Å². The van der Waals surface area contributed by atoms with E-state index in [0.29, 0.717) is 5.92 Å². The molecule has 0 spiro atoms. The van der Waals surface area contributed by atoms with Crippen LogP contribution in [-0.4, -0.2) is 12.8 Å². The maximum Gasteiger partial charge on any atom is 0.163 e. The standard InChI is InChI=1S/C20H25NOS/c1-21-20(17-12-13-17,22-18-10-5-11-19(23)15-18)14-6-9-16-7-3-2-4-8-16/h2-5,7-8,10-11,15,17,21,23H,6,9,12-14H2,1H3. The third-order valence-corrected chi connectivity index (χ3v) is 4.91. The summed E-state index contributed by atoms with van der Waals surface area (Å²) in [6.07, 6.45) is 5.70. The molecule has 2 nitrogen and oxygen atoms in total. The number of thiol groups is 1. The highest BCUT2D eigenvalue weighted by atomic mass is 32.1. The second-order valence-electron chi connectivity index (χ2n) is 6.35. The van der Waals surface area contributed by atoms with Crippen molar-refractivity contribution < 1.29 is 4.74 Å². The average molecular weight is 327 g/mol. The first-order valence-electron chi connectivity index (χ1n) is 8.43. The fraction of sp³-hybridized carbons (Fsp3) is 0.400. The van der Waals surface area contributed by atoms with Crippen molar-refractivity contribution in [2.45, 2.75) is 42.7 Å². The Kier molecular flexibility index (Phi) is 5.29. The molecule has 1 saturated carbocycles. The predicted molar refractivity (Wildman–Crippen MR) is 98.2 cm³/mol. The summed E-state index contributed by atoms with van der Waals surface area (Å²) in [4.78, 5) is 0.938. The number of benzene rings is 2. The van der Waals surface area contributed by atoms with Crippen LogP contribution >= 0.6 is 12.6 Å². The third-order valence-electron chi connectivity index (χ3n) is 4.63. The van der Waals surface area contributed by atoms with Gasteiger partial charge < -0.3 is 4.74 Å². The molecule has 2 aromatic rings. The lowest BCUT2D eigenvalue weighted by molar-refractivity contribution is 0.00735. The molecule has 1 aliphatic rings. The zero-order valence-electron chi connectivity index (χ0n) is 13.7. The van der Waals surface area contributed by atoms with E-state index in [0.717, 1.165) is 29.9 Å². The Morgan fingerprint density at radius 2 is 1.91 bits per heavy atom. The molecule has 1 atom stereocenters. The minimum Gasteiger partial charge on any atom is -0.472 e. The molecule has 0 saturated heterocycles. The Morgan fingerprint density at radius 1 is 1.13 bits per heavy atom. The highest BCUT2D eigenvalue weighted by Gasteiger charge is 2.46. The summed E-state index contributed by atoms with van der Waals surface area (Å²) in [5, 5.41) is 3.48. The lowest BCUT2D eigenvalue weighted by atomic mass is 9.98. The smallest absolute Gasteiger partial charge is 0.163 e. The molecule has 1 aliphatic carbocycles. The van der Waals surface area contributed by atoms with Crippen LogP contribution in [0.1, 0.15) is 31.2 Å². The maximum atomic E-state index is 6.43. The van der Waals surface area contributed by atoms with Gasteiger partial charge in [-0.05, 0) is 56.5 Å². The van der Waals surface area contributed by atoms with Crippen molar-refractivity contribution in [1.82, 2.24) is 5.32 Å². The van der Waals surface area contributed by atoms with Crippen LogP contribution in [0.4, 0.5) is 0 Å². The number of nitrogens with one attached hydrogen (secondary N) is 1. The lowest BCUT2D eigenvalue weighted by Crippen LogP contribution is -2.50. The van der Waals surface area contributed by atoms with Crippen molar-refractivity contribution >= 4 is 12.6 Å². The first-order valence-corrected chi connectivity index (χ1v) is 8.87. The summed E-state index contributed by atoms with van der Waals surface area (Å²) >= 11 is 4.42.